The molecule has 1 fully saturated rings. The first kappa shape index (κ1) is 18.9. The second-order valence-corrected chi connectivity index (χ2v) is 8.04. The van der Waals surface area contributed by atoms with Crippen LogP contribution < -0.4 is 11.1 Å². The number of benzene rings is 2. The molecule has 2 aliphatic heterocycles. The molecule has 0 spiro atoms. The van der Waals surface area contributed by atoms with Crippen LogP contribution in [0.4, 0.5) is 5.69 Å². The van der Waals surface area contributed by atoms with Crippen molar-refractivity contribution in [3.63, 3.8) is 0 Å². The summed E-state index contributed by atoms with van der Waals surface area (Å²) in [5, 5.41) is 25.0. The van der Waals surface area contributed by atoms with Crippen molar-refractivity contribution in [1.82, 2.24) is 0 Å². The van der Waals surface area contributed by atoms with E-state index in [9.17, 15) is 19.8 Å². The summed E-state index contributed by atoms with van der Waals surface area (Å²) in [4.78, 5) is 27.0. The highest BCUT2D eigenvalue weighted by Gasteiger charge is 2.69. The smallest absolute Gasteiger partial charge is 0.198 e. The third kappa shape index (κ3) is 2.22. The number of aromatic hydroxyl groups is 1. The number of aliphatic hydroxyl groups is 1. The maximum Gasteiger partial charge on any atom is 0.198 e. The topological polar surface area (TPSA) is 125 Å². The lowest BCUT2D eigenvalue weighted by molar-refractivity contribution is 0.0975. The first-order valence-electron chi connectivity index (χ1n) is 10.1. The van der Waals surface area contributed by atoms with Crippen molar-refractivity contribution in [3.05, 3.63) is 69.8 Å². The molecule has 0 amide bonds. The maximum absolute atomic E-state index is 13.6. The number of ketones is 2. The number of hydrogen-bond acceptors (Lipinski definition) is 7. The summed E-state index contributed by atoms with van der Waals surface area (Å²) in [6, 6.07) is 5.76. The second-order valence-electron chi connectivity index (χ2n) is 8.04. The van der Waals surface area contributed by atoms with Gasteiger partial charge in [-0.05, 0) is 23.8 Å². The fraction of sp³-hybridized carbons (Fsp3) is 0.200. The third-order valence-corrected chi connectivity index (χ3v) is 6.43. The van der Waals surface area contributed by atoms with E-state index in [1.165, 1.54) is 12.1 Å². The molecule has 2 bridgehead atoms. The van der Waals surface area contributed by atoms with Gasteiger partial charge in [-0.25, -0.2) is 0 Å². The van der Waals surface area contributed by atoms with E-state index in [0.717, 1.165) is 0 Å². The van der Waals surface area contributed by atoms with E-state index in [0.29, 0.717) is 16.8 Å². The number of aliphatic hydroxyl groups excluding tert-OH is 1. The SMILES string of the molecule is NCc1cccc2c1C(=O)c1c(O)cc3c(c1C2=O)NC1C#C/C=C\C#C[C@@H](O)[C@@]32OC12. The van der Waals surface area contributed by atoms with Crippen LogP contribution in [0.5, 0.6) is 5.75 Å². The fourth-order valence-electron chi connectivity index (χ4n) is 4.95. The summed E-state index contributed by atoms with van der Waals surface area (Å²) in [5.41, 5.74) is 6.14. The van der Waals surface area contributed by atoms with Crippen molar-refractivity contribution >= 4 is 17.3 Å². The first-order chi connectivity index (χ1) is 15.5. The van der Waals surface area contributed by atoms with Crippen molar-refractivity contribution in [2.45, 2.75) is 30.4 Å². The molecule has 0 saturated carbocycles. The van der Waals surface area contributed by atoms with Gasteiger partial charge in [0.05, 0.1) is 16.8 Å². The number of epoxide rings is 1. The Bertz CT molecular complexity index is 1420. The van der Waals surface area contributed by atoms with Gasteiger partial charge in [0.2, 0.25) is 0 Å². The van der Waals surface area contributed by atoms with Crippen LogP contribution in [0.3, 0.4) is 0 Å². The number of nitrogens with one attached hydrogen (secondary N) is 1. The number of anilines is 1. The number of carbonyl (C=O) groups excluding carboxylic acids is 2. The molecule has 156 valence electrons. The third-order valence-electron chi connectivity index (χ3n) is 6.43. The van der Waals surface area contributed by atoms with Crippen molar-refractivity contribution in [2.24, 2.45) is 5.73 Å². The largest absolute Gasteiger partial charge is 0.507 e. The van der Waals surface area contributed by atoms with Gasteiger partial charge in [0.15, 0.2) is 23.3 Å². The first-order valence-corrected chi connectivity index (χ1v) is 10.1. The van der Waals surface area contributed by atoms with Gasteiger partial charge < -0.3 is 26.0 Å². The number of phenolic OH excluding ortho intramolecular Hbond substituents is 1. The van der Waals surface area contributed by atoms with Gasteiger partial charge in [-0.15, -0.1) is 0 Å². The van der Waals surface area contributed by atoms with Crippen LogP contribution in [0.2, 0.25) is 0 Å². The molecule has 0 aromatic heterocycles. The number of rotatable bonds is 1. The van der Waals surface area contributed by atoms with Crippen molar-refractivity contribution < 1.29 is 24.5 Å². The maximum atomic E-state index is 13.6. The van der Waals surface area contributed by atoms with Crippen LogP contribution in [0.15, 0.2) is 36.4 Å². The molecule has 2 unspecified atom stereocenters. The van der Waals surface area contributed by atoms with E-state index >= 15 is 0 Å². The van der Waals surface area contributed by atoms with E-state index in [1.807, 2.05) is 0 Å². The van der Waals surface area contributed by atoms with Crippen LogP contribution in [0.25, 0.3) is 0 Å². The predicted octanol–water partition coefficient (Wildman–Crippen LogP) is 0.952. The monoisotopic (exact) mass is 424 g/mol. The summed E-state index contributed by atoms with van der Waals surface area (Å²) in [7, 11) is 0. The van der Waals surface area contributed by atoms with Crippen LogP contribution in [-0.4, -0.2) is 40.0 Å². The summed E-state index contributed by atoms with van der Waals surface area (Å²) in [6.07, 6.45) is 1.35. The molecule has 6 rings (SSSR count). The number of nitrogens with two attached hydrogens (primary N) is 1. The zero-order valence-corrected chi connectivity index (χ0v) is 16.6. The Hall–Kier alpha value is -3.88. The minimum absolute atomic E-state index is 0.0413. The molecule has 0 radical (unpaired) electrons. The highest BCUT2D eigenvalue weighted by atomic mass is 16.6. The predicted molar refractivity (Wildman–Crippen MR) is 114 cm³/mol. The Kier molecular flexibility index (Phi) is 3.72. The van der Waals surface area contributed by atoms with Crippen molar-refractivity contribution in [3.8, 4) is 29.4 Å². The Balaban J connectivity index is 1.64. The molecular formula is C25H16N2O5. The Morgan fingerprint density at radius 3 is 2.66 bits per heavy atom. The number of hydrogen-bond donors (Lipinski definition) is 4. The molecule has 2 aliphatic carbocycles. The molecule has 2 aromatic carbocycles. The van der Waals surface area contributed by atoms with Crippen LogP contribution in [0.1, 0.15) is 43.0 Å². The van der Waals surface area contributed by atoms with Gasteiger partial charge >= 0.3 is 0 Å². The molecule has 2 heterocycles. The minimum Gasteiger partial charge on any atom is -0.507 e. The van der Waals surface area contributed by atoms with E-state index in [-0.39, 0.29) is 34.5 Å². The molecule has 4 atom stereocenters. The van der Waals surface area contributed by atoms with Crippen LogP contribution >= 0.6 is 0 Å². The van der Waals surface area contributed by atoms with Gasteiger partial charge in [0, 0.05) is 23.2 Å². The summed E-state index contributed by atoms with van der Waals surface area (Å²) >= 11 is 0. The van der Waals surface area contributed by atoms with E-state index in [1.54, 1.807) is 24.3 Å². The standard InChI is InChI=1S/C25H16N2O5/c26-11-12-6-5-7-13-18(12)23(31)19-16(28)10-14-21(20(19)22(13)30)27-15-8-3-1-2-4-9-17(29)25(14)24(15)32-25/h1-2,5-7,10,15,17,24,27-29H,11,26H2/b2-1-/t15?,17-,24?,25+/m1/s1. The highest BCUT2D eigenvalue weighted by molar-refractivity contribution is 6.31. The molecule has 7 heteroatoms. The van der Waals surface area contributed by atoms with Crippen molar-refractivity contribution in [2.75, 3.05) is 5.32 Å². The second kappa shape index (κ2) is 6.32. The zero-order chi connectivity index (χ0) is 22.2. The molecule has 1 saturated heterocycles. The van der Waals surface area contributed by atoms with Crippen molar-refractivity contribution in [1.29, 1.82) is 0 Å². The average Bonchev–Trinajstić information content (AvgIpc) is 3.56. The molecule has 32 heavy (non-hydrogen) atoms. The summed E-state index contributed by atoms with van der Waals surface area (Å²) in [5.74, 6) is 10.1. The number of phenols is 1. The zero-order valence-electron chi connectivity index (χ0n) is 16.6. The Labute approximate surface area is 182 Å². The van der Waals surface area contributed by atoms with E-state index < -0.39 is 35.4 Å². The lowest BCUT2D eigenvalue weighted by Gasteiger charge is -2.32. The molecule has 7 nitrogen and oxygen atoms in total. The molecular weight excluding hydrogens is 408 g/mol. The fourth-order valence-corrected chi connectivity index (χ4v) is 4.95. The van der Waals surface area contributed by atoms with Gasteiger partial charge in [0.25, 0.3) is 0 Å². The van der Waals surface area contributed by atoms with Gasteiger partial charge in [0.1, 0.15) is 17.9 Å². The Morgan fingerprint density at radius 2 is 1.88 bits per heavy atom. The number of fused-ring (bicyclic) bond motifs is 4. The summed E-state index contributed by atoms with van der Waals surface area (Å²) < 4.78 is 5.94. The Morgan fingerprint density at radius 1 is 1.09 bits per heavy atom. The lowest BCUT2D eigenvalue weighted by atomic mass is 9.75. The minimum atomic E-state index is -1.26. The van der Waals surface area contributed by atoms with E-state index in [4.69, 9.17) is 10.5 Å². The molecule has 4 aliphatic rings. The number of carbonyl (C=O) groups is 2. The van der Waals surface area contributed by atoms with Gasteiger partial charge in [-0.3, -0.25) is 9.59 Å². The summed E-state index contributed by atoms with van der Waals surface area (Å²) in [6.45, 7) is 0.0795. The lowest BCUT2D eigenvalue weighted by Crippen LogP contribution is -2.42. The molecule has 5 N–H and O–H groups in total. The van der Waals surface area contributed by atoms with Crippen LogP contribution in [0, 0.1) is 23.7 Å². The molecule has 2 aromatic rings. The van der Waals surface area contributed by atoms with Crippen LogP contribution in [-0.2, 0) is 16.9 Å². The quantitative estimate of drug-likeness (QED) is 0.260. The number of allylic oxidation sites excluding steroid dienone is 2. The van der Waals surface area contributed by atoms with Gasteiger partial charge in [-0.2, -0.15) is 0 Å². The average molecular weight is 424 g/mol. The van der Waals surface area contributed by atoms with E-state index in [2.05, 4.69) is 29.0 Å². The van der Waals surface area contributed by atoms with Gasteiger partial charge in [-0.1, -0.05) is 41.9 Å². The normalized spacial score (nSPS) is 28.9. The highest BCUT2D eigenvalue weighted by Crippen LogP contribution is 2.59. The number of ether oxygens (including phenoxy) is 1.